The van der Waals surface area contributed by atoms with Gasteiger partial charge in [-0.1, -0.05) is 23.2 Å². The summed E-state index contributed by atoms with van der Waals surface area (Å²) in [7, 11) is 0. The highest BCUT2D eigenvalue weighted by molar-refractivity contribution is 6.35. The molecule has 2 aromatic rings. The van der Waals surface area contributed by atoms with Crippen LogP contribution in [0.3, 0.4) is 0 Å². The number of non-ortho nitro benzene ring substituents is 1. The molecule has 0 aliphatic heterocycles. The van der Waals surface area contributed by atoms with E-state index in [1.807, 2.05) is 6.92 Å². The molecule has 21 heavy (non-hydrogen) atoms. The lowest BCUT2D eigenvalue weighted by molar-refractivity contribution is -0.384. The fourth-order valence-electron chi connectivity index (χ4n) is 1.77. The Hall–Kier alpha value is -2.02. The molecule has 0 spiro atoms. The molecule has 0 aliphatic carbocycles. The summed E-state index contributed by atoms with van der Waals surface area (Å²) in [5.41, 5.74) is 4.55. The molecule has 110 valence electrons. The van der Waals surface area contributed by atoms with Crippen LogP contribution in [0.5, 0.6) is 0 Å². The zero-order valence-corrected chi connectivity index (χ0v) is 12.5. The molecule has 8 heteroatoms. The second-order valence-electron chi connectivity index (χ2n) is 4.38. The Morgan fingerprint density at radius 1 is 1.10 bits per heavy atom. The number of halogens is 2. The van der Waals surface area contributed by atoms with Crippen molar-refractivity contribution in [1.82, 2.24) is 0 Å². The van der Waals surface area contributed by atoms with Gasteiger partial charge in [-0.3, -0.25) is 16.0 Å². The van der Waals surface area contributed by atoms with Gasteiger partial charge in [0.15, 0.2) is 0 Å². The van der Waals surface area contributed by atoms with Gasteiger partial charge in [-0.2, -0.15) is 0 Å². The first-order valence-corrected chi connectivity index (χ1v) is 6.65. The normalized spacial score (nSPS) is 10.3. The smallest absolute Gasteiger partial charge is 0.273 e. The number of aryl methyl sites for hydroxylation is 1. The van der Waals surface area contributed by atoms with Crippen molar-refractivity contribution in [3.8, 4) is 0 Å². The third kappa shape index (κ3) is 3.55. The van der Waals surface area contributed by atoms with Crippen LogP contribution in [0.2, 0.25) is 10.0 Å². The van der Waals surface area contributed by atoms with Gasteiger partial charge >= 0.3 is 0 Å². The third-order valence-corrected chi connectivity index (χ3v) is 3.54. The number of nitro benzene ring substituents is 1. The molecule has 0 saturated heterocycles. The maximum Gasteiger partial charge on any atom is 0.273 e. The molecule has 0 unspecified atom stereocenters. The molecular weight excluding hydrogens is 315 g/mol. The van der Waals surface area contributed by atoms with Crippen LogP contribution in [-0.2, 0) is 0 Å². The minimum Gasteiger partial charge on any atom is -0.354 e. The standard InChI is InChI=1S/C13H12Cl2N4O2/c1-7-2-12(15)13(6-11(7)14)17-8-3-9(18-16)5-10(4-8)19(20)21/h2-6,17-18H,16H2,1H3. The van der Waals surface area contributed by atoms with Crippen molar-refractivity contribution in [3.63, 3.8) is 0 Å². The van der Waals surface area contributed by atoms with E-state index in [9.17, 15) is 10.1 Å². The quantitative estimate of drug-likeness (QED) is 0.444. The monoisotopic (exact) mass is 326 g/mol. The number of nitrogens with zero attached hydrogens (tertiary/aromatic N) is 1. The predicted molar refractivity (Wildman–Crippen MR) is 85.4 cm³/mol. The van der Waals surface area contributed by atoms with Crippen molar-refractivity contribution in [2.24, 2.45) is 5.84 Å². The fourth-order valence-corrected chi connectivity index (χ4v) is 2.20. The summed E-state index contributed by atoms with van der Waals surface area (Å²) >= 11 is 12.2. The Morgan fingerprint density at radius 2 is 1.76 bits per heavy atom. The predicted octanol–water partition coefficient (Wildman–Crippen LogP) is 4.24. The molecular formula is C13H12Cl2N4O2. The Morgan fingerprint density at radius 3 is 2.38 bits per heavy atom. The van der Waals surface area contributed by atoms with Crippen LogP contribution >= 0.6 is 23.2 Å². The van der Waals surface area contributed by atoms with E-state index in [1.165, 1.54) is 12.1 Å². The van der Waals surface area contributed by atoms with Crippen LogP contribution < -0.4 is 16.6 Å². The van der Waals surface area contributed by atoms with Gasteiger partial charge in [0, 0.05) is 22.8 Å². The van der Waals surface area contributed by atoms with Crippen LogP contribution in [0.4, 0.5) is 22.7 Å². The first-order chi connectivity index (χ1) is 9.90. The number of rotatable bonds is 4. The van der Waals surface area contributed by atoms with Crippen LogP contribution in [0.25, 0.3) is 0 Å². The molecule has 0 aromatic heterocycles. The van der Waals surface area contributed by atoms with Crippen molar-refractivity contribution in [3.05, 3.63) is 56.1 Å². The van der Waals surface area contributed by atoms with Gasteiger partial charge in [0.05, 0.1) is 21.3 Å². The number of benzene rings is 2. The van der Waals surface area contributed by atoms with E-state index in [0.717, 1.165) is 5.56 Å². The lowest BCUT2D eigenvalue weighted by Gasteiger charge is -2.11. The van der Waals surface area contributed by atoms with Crippen LogP contribution in [0.1, 0.15) is 5.56 Å². The van der Waals surface area contributed by atoms with E-state index >= 15 is 0 Å². The number of hydrogen-bond acceptors (Lipinski definition) is 5. The largest absolute Gasteiger partial charge is 0.354 e. The first-order valence-electron chi connectivity index (χ1n) is 5.89. The molecule has 0 aliphatic rings. The maximum absolute atomic E-state index is 10.9. The minimum absolute atomic E-state index is 0.0951. The SMILES string of the molecule is Cc1cc(Cl)c(Nc2cc(NN)cc([N+](=O)[O-])c2)cc1Cl. The third-order valence-electron chi connectivity index (χ3n) is 2.82. The highest BCUT2D eigenvalue weighted by Crippen LogP contribution is 2.33. The Kier molecular flexibility index (Phi) is 4.52. The summed E-state index contributed by atoms with van der Waals surface area (Å²) in [6, 6.07) is 7.70. The van der Waals surface area contributed by atoms with Crippen molar-refractivity contribution in [2.75, 3.05) is 10.7 Å². The number of hydrazine groups is 1. The van der Waals surface area contributed by atoms with E-state index in [4.69, 9.17) is 29.0 Å². The number of hydrogen-bond donors (Lipinski definition) is 3. The molecule has 2 aromatic carbocycles. The number of anilines is 3. The number of nitrogens with two attached hydrogens (primary N) is 1. The van der Waals surface area contributed by atoms with Crippen molar-refractivity contribution in [1.29, 1.82) is 0 Å². The molecule has 0 bridgehead atoms. The molecule has 0 amide bonds. The molecule has 4 N–H and O–H groups in total. The second kappa shape index (κ2) is 6.17. The topological polar surface area (TPSA) is 93.2 Å². The summed E-state index contributed by atoms with van der Waals surface area (Å²) in [4.78, 5) is 10.4. The highest BCUT2D eigenvalue weighted by Gasteiger charge is 2.11. The number of nitro groups is 1. The summed E-state index contributed by atoms with van der Waals surface area (Å²) in [5, 5.41) is 14.9. The van der Waals surface area contributed by atoms with Crippen LogP contribution in [0.15, 0.2) is 30.3 Å². The Labute approximate surface area is 131 Å². The number of nitrogens with one attached hydrogen (secondary N) is 2. The van der Waals surface area contributed by atoms with E-state index in [1.54, 1.807) is 18.2 Å². The highest BCUT2D eigenvalue weighted by atomic mass is 35.5. The van der Waals surface area contributed by atoms with Gasteiger partial charge in [-0.25, -0.2) is 0 Å². The van der Waals surface area contributed by atoms with E-state index in [-0.39, 0.29) is 5.69 Å². The van der Waals surface area contributed by atoms with Gasteiger partial charge in [0.1, 0.15) is 0 Å². The average Bonchev–Trinajstić information content (AvgIpc) is 2.44. The van der Waals surface area contributed by atoms with E-state index in [2.05, 4.69) is 10.7 Å². The van der Waals surface area contributed by atoms with Gasteiger partial charge in [0.2, 0.25) is 0 Å². The molecule has 0 fully saturated rings. The second-order valence-corrected chi connectivity index (χ2v) is 5.19. The van der Waals surface area contributed by atoms with Crippen LogP contribution in [0, 0.1) is 17.0 Å². The van der Waals surface area contributed by atoms with Gasteiger partial charge < -0.3 is 10.7 Å². The van der Waals surface area contributed by atoms with Crippen molar-refractivity contribution >= 4 is 46.0 Å². The maximum atomic E-state index is 10.9. The molecule has 0 atom stereocenters. The molecule has 6 nitrogen and oxygen atoms in total. The zero-order chi connectivity index (χ0) is 15.6. The molecule has 0 radical (unpaired) electrons. The van der Waals surface area contributed by atoms with E-state index in [0.29, 0.717) is 27.1 Å². The number of nitrogen functional groups attached to an aromatic ring is 1. The Bertz CT molecular complexity index is 707. The summed E-state index contributed by atoms with van der Waals surface area (Å²) in [6.07, 6.45) is 0. The lowest BCUT2D eigenvalue weighted by Crippen LogP contribution is -2.07. The summed E-state index contributed by atoms with van der Waals surface area (Å²) in [5.74, 6) is 5.31. The van der Waals surface area contributed by atoms with E-state index < -0.39 is 4.92 Å². The van der Waals surface area contributed by atoms with Crippen LogP contribution in [-0.4, -0.2) is 4.92 Å². The summed E-state index contributed by atoms with van der Waals surface area (Å²) in [6.45, 7) is 1.84. The first kappa shape index (κ1) is 15.4. The molecule has 0 saturated carbocycles. The Balaban J connectivity index is 2.41. The molecule has 0 heterocycles. The lowest BCUT2D eigenvalue weighted by atomic mass is 10.2. The van der Waals surface area contributed by atoms with Gasteiger partial charge in [0.25, 0.3) is 5.69 Å². The molecule has 2 rings (SSSR count). The van der Waals surface area contributed by atoms with Crippen molar-refractivity contribution in [2.45, 2.75) is 6.92 Å². The van der Waals surface area contributed by atoms with Gasteiger partial charge in [-0.15, -0.1) is 0 Å². The van der Waals surface area contributed by atoms with Gasteiger partial charge in [-0.05, 0) is 30.7 Å². The zero-order valence-electron chi connectivity index (χ0n) is 11.0. The van der Waals surface area contributed by atoms with Crippen molar-refractivity contribution < 1.29 is 4.92 Å². The summed E-state index contributed by atoms with van der Waals surface area (Å²) < 4.78 is 0. The minimum atomic E-state index is -0.504. The average molecular weight is 327 g/mol. The fraction of sp³-hybridized carbons (Fsp3) is 0.0769.